The molecule has 0 rings (SSSR count). The topological polar surface area (TPSA) is 71.1 Å². The second-order valence-corrected chi connectivity index (χ2v) is 4.24. The van der Waals surface area contributed by atoms with Gasteiger partial charge in [-0.1, -0.05) is 25.9 Å². The molecule has 0 radical (unpaired) electrons. The van der Waals surface area contributed by atoms with Crippen molar-refractivity contribution in [3.05, 3.63) is 0 Å². The van der Waals surface area contributed by atoms with Gasteiger partial charge in [-0.05, 0) is 12.5 Å². The third-order valence-electron chi connectivity index (χ3n) is 2.26. The molecule has 5 nitrogen and oxygen atoms in total. The quantitative estimate of drug-likeness (QED) is 0.205. The normalized spacial score (nSPS) is 12.7. The molecule has 3 N–H and O–H groups in total. The van der Waals surface area contributed by atoms with Gasteiger partial charge in [0.25, 0.3) is 0 Å². The molecule has 0 bridgehead atoms. The standard InChI is InChI=1S/C11H25N3O2/c1-4-14(6-5-11(12)13-15)7-8-16-9-10(2)3/h10,15H,4-9H2,1-3H3,(H2,12,13). The summed E-state index contributed by atoms with van der Waals surface area (Å²) in [5, 5.41) is 11.4. The first-order valence-corrected chi connectivity index (χ1v) is 5.86. The summed E-state index contributed by atoms with van der Waals surface area (Å²) in [6, 6.07) is 0. The number of oxime groups is 1. The summed E-state index contributed by atoms with van der Waals surface area (Å²) in [6.45, 7) is 10.5. The largest absolute Gasteiger partial charge is 0.409 e. The van der Waals surface area contributed by atoms with Gasteiger partial charge in [-0.15, -0.1) is 0 Å². The maximum atomic E-state index is 8.42. The van der Waals surface area contributed by atoms with Gasteiger partial charge in [-0.25, -0.2) is 0 Å². The molecular weight excluding hydrogens is 206 g/mol. The van der Waals surface area contributed by atoms with Gasteiger partial charge in [-0.3, -0.25) is 0 Å². The summed E-state index contributed by atoms with van der Waals surface area (Å²) in [5.74, 6) is 0.855. The third-order valence-corrected chi connectivity index (χ3v) is 2.26. The molecule has 0 aliphatic heterocycles. The van der Waals surface area contributed by atoms with Crippen molar-refractivity contribution in [2.45, 2.75) is 27.2 Å². The van der Waals surface area contributed by atoms with E-state index in [-0.39, 0.29) is 5.84 Å². The first kappa shape index (κ1) is 15.2. The van der Waals surface area contributed by atoms with Crippen LogP contribution < -0.4 is 5.73 Å². The Morgan fingerprint density at radius 2 is 2.12 bits per heavy atom. The Morgan fingerprint density at radius 3 is 2.62 bits per heavy atom. The molecule has 0 unspecified atom stereocenters. The number of ether oxygens (including phenoxy) is 1. The molecule has 5 heteroatoms. The summed E-state index contributed by atoms with van der Waals surface area (Å²) in [6.07, 6.45) is 0.592. The second kappa shape index (κ2) is 9.42. The van der Waals surface area contributed by atoms with Crippen LogP contribution in [0.3, 0.4) is 0 Å². The van der Waals surface area contributed by atoms with Crippen LogP contribution in [-0.2, 0) is 4.74 Å². The molecule has 0 aliphatic carbocycles. The number of rotatable bonds is 9. The van der Waals surface area contributed by atoms with E-state index in [2.05, 4.69) is 30.8 Å². The van der Waals surface area contributed by atoms with Crippen molar-refractivity contribution >= 4 is 5.84 Å². The molecule has 0 atom stereocenters. The lowest BCUT2D eigenvalue weighted by Crippen LogP contribution is -2.31. The van der Waals surface area contributed by atoms with Gasteiger partial charge in [0.15, 0.2) is 0 Å². The number of likely N-dealkylation sites (N-methyl/N-ethyl adjacent to an activating group) is 1. The fourth-order valence-electron chi connectivity index (χ4n) is 1.26. The van der Waals surface area contributed by atoms with Crippen LogP contribution in [0.4, 0.5) is 0 Å². The van der Waals surface area contributed by atoms with Crippen molar-refractivity contribution in [2.75, 3.05) is 32.8 Å². The van der Waals surface area contributed by atoms with E-state index in [1.807, 2.05) is 0 Å². The van der Waals surface area contributed by atoms with Gasteiger partial charge in [-0.2, -0.15) is 0 Å². The molecule has 0 saturated heterocycles. The fourth-order valence-corrected chi connectivity index (χ4v) is 1.26. The van der Waals surface area contributed by atoms with Crippen LogP contribution >= 0.6 is 0 Å². The zero-order valence-electron chi connectivity index (χ0n) is 10.6. The lowest BCUT2D eigenvalue weighted by Gasteiger charge is -2.20. The lowest BCUT2D eigenvalue weighted by molar-refractivity contribution is 0.0873. The molecule has 0 aromatic heterocycles. The van der Waals surface area contributed by atoms with E-state index in [0.29, 0.717) is 12.3 Å². The molecule has 0 heterocycles. The Labute approximate surface area is 98.2 Å². The van der Waals surface area contributed by atoms with Crippen molar-refractivity contribution in [1.82, 2.24) is 4.90 Å². The van der Waals surface area contributed by atoms with Gasteiger partial charge in [0.1, 0.15) is 5.84 Å². The molecule has 0 aliphatic rings. The molecule has 16 heavy (non-hydrogen) atoms. The molecule has 0 aromatic rings. The summed E-state index contributed by atoms with van der Waals surface area (Å²) in [5.41, 5.74) is 5.41. The SMILES string of the molecule is CCN(CCOCC(C)C)CCC(N)=NO. The molecule has 0 saturated carbocycles. The van der Waals surface area contributed by atoms with E-state index in [1.54, 1.807) is 0 Å². The Kier molecular flexibility index (Phi) is 8.94. The van der Waals surface area contributed by atoms with Gasteiger partial charge < -0.3 is 20.6 Å². The second-order valence-electron chi connectivity index (χ2n) is 4.24. The van der Waals surface area contributed by atoms with Crippen molar-refractivity contribution in [2.24, 2.45) is 16.8 Å². The van der Waals surface area contributed by atoms with E-state index in [1.165, 1.54) is 0 Å². The van der Waals surface area contributed by atoms with Gasteiger partial charge in [0.2, 0.25) is 0 Å². The maximum absolute atomic E-state index is 8.42. The minimum Gasteiger partial charge on any atom is -0.409 e. The number of nitrogens with two attached hydrogens (primary N) is 1. The van der Waals surface area contributed by atoms with E-state index >= 15 is 0 Å². The average molecular weight is 231 g/mol. The van der Waals surface area contributed by atoms with Crippen LogP contribution in [-0.4, -0.2) is 48.8 Å². The van der Waals surface area contributed by atoms with Crippen molar-refractivity contribution in [3.63, 3.8) is 0 Å². The van der Waals surface area contributed by atoms with Crippen LogP contribution in [0, 0.1) is 5.92 Å². The van der Waals surface area contributed by atoms with Crippen molar-refractivity contribution < 1.29 is 9.94 Å². The number of hydrogen-bond donors (Lipinski definition) is 2. The van der Waals surface area contributed by atoms with Gasteiger partial charge >= 0.3 is 0 Å². The molecule has 0 fully saturated rings. The lowest BCUT2D eigenvalue weighted by atomic mass is 10.2. The average Bonchev–Trinajstić information content (AvgIpc) is 2.27. The van der Waals surface area contributed by atoms with Crippen molar-refractivity contribution in [1.29, 1.82) is 0 Å². The Bertz CT molecular complexity index is 196. The Balaban J connectivity index is 3.59. The highest BCUT2D eigenvalue weighted by atomic mass is 16.5. The molecular formula is C11H25N3O2. The highest BCUT2D eigenvalue weighted by Crippen LogP contribution is 1.95. The monoisotopic (exact) mass is 231 g/mol. The van der Waals surface area contributed by atoms with E-state index < -0.39 is 0 Å². The van der Waals surface area contributed by atoms with Crippen LogP contribution in [0.2, 0.25) is 0 Å². The molecule has 0 aromatic carbocycles. The van der Waals surface area contributed by atoms with E-state index in [9.17, 15) is 0 Å². The van der Waals surface area contributed by atoms with Crippen LogP contribution in [0.25, 0.3) is 0 Å². The van der Waals surface area contributed by atoms with E-state index in [0.717, 1.165) is 32.8 Å². The van der Waals surface area contributed by atoms with Crippen LogP contribution in [0.5, 0.6) is 0 Å². The number of hydrogen-bond acceptors (Lipinski definition) is 4. The van der Waals surface area contributed by atoms with Crippen molar-refractivity contribution in [3.8, 4) is 0 Å². The Hall–Kier alpha value is -0.810. The molecule has 0 amide bonds. The minimum absolute atomic E-state index is 0.279. The summed E-state index contributed by atoms with van der Waals surface area (Å²) in [4.78, 5) is 2.22. The zero-order chi connectivity index (χ0) is 12.4. The highest BCUT2D eigenvalue weighted by Gasteiger charge is 2.04. The summed E-state index contributed by atoms with van der Waals surface area (Å²) >= 11 is 0. The maximum Gasteiger partial charge on any atom is 0.140 e. The number of amidine groups is 1. The van der Waals surface area contributed by atoms with E-state index in [4.69, 9.17) is 15.7 Å². The minimum atomic E-state index is 0.279. The summed E-state index contributed by atoms with van der Waals surface area (Å²) < 4.78 is 5.51. The zero-order valence-corrected chi connectivity index (χ0v) is 10.6. The molecule has 0 spiro atoms. The predicted molar refractivity (Wildman–Crippen MR) is 65.8 cm³/mol. The first-order valence-electron chi connectivity index (χ1n) is 5.86. The third kappa shape index (κ3) is 8.49. The molecule has 96 valence electrons. The van der Waals surface area contributed by atoms with Crippen LogP contribution in [0.1, 0.15) is 27.2 Å². The predicted octanol–water partition coefficient (Wildman–Crippen LogP) is 1.12. The highest BCUT2D eigenvalue weighted by molar-refractivity contribution is 5.79. The smallest absolute Gasteiger partial charge is 0.140 e. The fraction of sp³-hybridized carbons (Fsp3) is 0.909. The first-order chi connectivity index (χ1) is 7.60. The van der Waals surface area contributed by atoms with Gasteiger partial charge in [0.05, 0.1) is 6.61 Å². The number of nitrogens with zero attached hydrogens (tertiary/aromatic N) is 2. The summed E-state index contributed by atoms with van der Waals surface area (Å²) in [7, 11) is 0. The Morgan fingerprint density at radius 1 is 1.44 bits per heavy atom. The van der Waals surface area contributed by atoms with Gasteiger partial charge in [0, 0.05) is 26.1 Å². The van der Waals surface area contributed by atoms with Crippen LogP contribution in [0.15, 0.2) is 5.16 Å².